The van der Waals surface area contributed by atoms with Crippen molar-refractivity contribution in [3.63, 3.8) is 0 Å². The molecule has 10 heavy (non-hydrogen) atoms. The van der Waals surface area contributed by atoms with Crippen molar-refractivity contribution in [2.75, 3.05) is 13.2 Å². The maximum atomic E-state index is 5.35. The summed E-state index contributed by atoms with van der Waals surface area (Å²) in [5, 5.41) is 0. The predicted molar refractivity (Wildman–Crippen MR) is 46.4 cm³/mol. The van der Waals surface area contributed by atoms with Crippen LogP contribution >= 0.6 is 12.6 Å². The zero-order valence-corrected chi connectivity index (χ0v) is 8.26. The smallest absolute Gasteiger partial charge is 0.104 e. The normalized spacial score (nSPS) is 26.4. The van der Waals surface area contributed by atoms with Gasteiger partial charge in [0, 0.05) is 10.2 Å². The van der Waals surface area contributed by atoms with Gasteiger partial charge in [-0.1, -0.05) is 6.04 Å². The first kappa shape index (κ1) is 8.58. The van der Waals surface area contributed by atoms with Crippen LogP contribution < -0.4 is 0 Å². The number of rotatable bonds is 5. The van der Waals surface area contributed by atoms with E-state index in [-0.39, 0.29) is 5.44 Å². The number of ether oxygens (including phenoxy) is 2. The quantitative estimate of drug-likeness (QED) is 0.278. The van der Waals surface area contributed by atoms with Gasteiger partial charge in [-0.3, -0.25) is 0 Å². The molecule has 1 saturated heterocycles. The van der Waals surface area contributed by atoms with Crippen LogP contribution in [0.2, 0.25) is 6.04 Å². The summed E-state index contributed by atoms with van der Waals surface area (Å²) in [6, 6.07) is 1.15. The lowest BCUT2D eigenvalue weighted by Crippen LogP contribution is -2.09. The molecule has 1 rings (SSSR count). The van der Waals surface area contributed by atoms with Gasteiger partial charge in [0.05, 0.1) is 18.6 Å². The Kier molecular flexibility index (Phi) is 3.76. The maximum absolute atomic E-state index is 5.35. The Balaban J connectivity index is 1.89. The van der Waals surface area contributed by atoms with Crippen molar-refractivity contribution in [3.8, 4) is 0 Å². The molecule has 1 aliphatic heterocycles. The molecule has 0 spiro atoms. The first-order valence-corrected chi connectivity index (χ1v) is 5.05. The molecule has 2 unspecified atom stereocenters. The van der Waals surface area contributed by atoms with Gasteiger partial charge >= 0.3 is 0 Å². The summed E-state index contributed by atoms with van der Waals surface area (Å²) in [4.78, 5) is 0. The van der Waals surface area contributed by atoms with E-state index in [2.05, 4.69) is 12.6 Å². The molecule has 0 saturated carbocycles. The molecule has 59 valence electrons. The monoisotopic (exact) mass is 177 g/mol. The van der Waals surface area contributed by atoms with Crippen LogP contribution in [-0.4, -0.2) is 35.0 Å². The Morgan fingerprint density at radius 3 is 3.00 bits per heavy atom. The molecule has 0 bridgehead atoms. The second-order valence-electron chi connectivity index (χ2n) is 2.39. The third kappa shape index (κ3) is 3.61. The van der Waals surface area contributed by atoms with E-state index in [9.17, 15) is 0 Å². The average Bonchev–Trinajstić information content (AvgIpc) is 2.67. The van der Waals surface area contributed by atoms with Gasteiger partial charge in [0.25, 0.3) is 0 Å². The summed E-state index contributed by atoms with van der Waals surface area (Å²) in [6.45, 7) is 1.59. The molecular weight excluding hydrogens is 164 g/mol. The van der Waals surface area contributed by atoms with Crippen molar-refractivity contribution in [2.45, 2.75) is 24.0 Å². The summed E-state index contributed by atoms with van der Waals surface area (Å²) in [6.07, 6.45) is 1.41. The molecule has 0 aromatic rings. The highest BCUT2D eigenvalue weighted by Crippen LogP contribution is 2.12. The SMILES string of the molecule is [SiH2]CCC(S)OCC1CO1. The van der Waals surface area contributed by atoms with Crippen LogP contribution in [0.4, 0.5) is 0 Å². The largest absolute Gasteiger partial charge is 0.371 e. The van der Waals surface area contributed by atoms with Gasteiger partial charge in [-0.25, -0.2) is 0 Å². The van der Waals surface area contributed by atoms with E-state index in [4.69, 9.17) is 9.47 Å². The molecule has 1 aliphatic rings. The average molecular weight is 177 g/mol. The van der Waals surface area contributed by atoms with Crippen molar-refractivity contribution in [1.82, 2.24) is 0 Å². The van der Waals surface area contributed by atoms with E-state index in [1.165, 1.54) is 0 Å². The van der Waals surface area contributed by atoms with Gasteiger partial charge in [0.1, 0.15) is 6.10 Å². The highest BCUT2D eigenvalue weighted by atomic mass is 32.1. The van der Waals surface area contributed by atoms with Gasteiger partial charge in [-0.15, -0.1) is 12.6 Å². The van der Waals surface area contributed by atoms with E-state index in [1.54, 1.807) is 0 Å². The van der Waals surface area contributed by atoms with Gasteiger partial charge < -0.3 is 9.47 Å². The minimum Gasteiger partial charge on any atom is -0.371 e. The second-order valence-corrected chi connectivity index (χ2v) is 3.67. The molecule has 0 aliphatic carbocycles. The second kappa shape index (κ2) is 4.38. The van der Waals surface area contributed by atoms with Crippen LogP contribution in [0, 0.1) is 0 Å². The topological polar surface area (TPSA) is 21.8 Å². The highest BCUT2D eigenvalue weighted by molar-refractivity contribution is 7.80. The fourth-order valence-corrected chi connectivity index (χ4v) is 1.62. The molecule has 0 aromatic heterocycles. The summed E-state index contributed by atoms with van der Waals surface area (Å²) in [5.74, 6) is 0. The molecule has 2 nitrogen and oxygen atoms in total. The van der Waals surface area contributed by atoms with Crippen LogP contribution in [0.3, 0.4) is 0 Å². The van der Waals surface area contributed by atoms with Crippen molar-refractivity contribution in [3.05, 3.63) is 0 Å². The number of thiol groups is 1. The lowest BCUT2D eigenvalue weighted by Gasteiger charge is -2.08. The van der Waals surface area contributed by atoms with Gasteiger partial charge in [-0.2, -0.15) is 0 Å². The fourth-order valence-electron chi connectivity index (χ4n) is 0.641. The molecule has 0 aromatic carbocycles. The minimum absolute atomic E-state index is 0.113. The summed E-state index contributed by atoms with van der Waals surface area (Å²) < 4.78 is 10.3. The third-order valence-corrected chi connectivity index (χ3v) is 2.14. The Hall–Kier alpha value is 0.487. The lowest BCUT2D eigenvalue weighted by molar-refractivity contribution is 0.0961. The number of hydrogen-bond acceptors (Lipinski definition) is 3. The zero-order valence-electron chi connectivity index (χ0n) is 5.95. The highest BCUT2D eigenvalue weighted by Gasteiger charge is 2.23. The first-order chi connectivity index (χ1) is 4.83. The van der Waals surface area contributed by atoms with E-state index in [0.717, 1.165) is 25.7 Å². The first-order valence-electron chi connectivity index (χ1n) is 3.53. The van der Waals surface area contributed by atoms with Crippen LogP contribution in [0.5, 0.6) is 0 Å². The molecule has 0 N–H and O–H groups in total. The van der Waals surface area contributed by atoms with Crippen LogP contribution in [0.15, 0.2) is 0 Å². The van der Waals surface area contributed by atoms with E-state index in [0.29, 0.717) is 6.10 Å². The van der Waals surface area contributed by atoms with Gasteiger partial charge in [-0.05, 0) is 6.42 Å². The molecule has 1 heterocycles. The van der Waals surface area contributed by atoms with Crippen molar-refractivity contribution in [1.29, 1.82) is 0 Å². The van der Waals surface area contributed by atoms with E-state index in [1.807, 2.05) is 10.2 Å². The zero-order chi connectivity index (χ0) is 7.40. The molecular formula is C6H13O2SSi. The van der Waals surface area contributed by atoms with Gasteiger partial charge in [0.2, 0.25) is 0 Å². The Labute approximate surface area is 70.1 Å². The van der Waals surface area contributed by atoms with Gasteiger partial charge in [0.15, 0.2) is 0 Å². The molecule has 2 atom stereocenters. The summed E-state index contributed by atoms with van der Waals surface area (Å²) in [5.41, 5.74) is 0.113. The Morgan fingerprint density at radius 2 is 2.50 bits per heavy atom. The predicted octanol–water partition coefficient (Wildman–Crippen LogP) is 0.0992. The van der Waals surface area contributed by atoms with Crippen molar-refractivity contribution < 1.29 is 9.47 Å². The standard InChI is InChI=1S/C6H13O2SSi/c9-6(1-2-10)8-4-5-3-7-5/h5-6,9H,1-4,10H2. The third-order valence-electron chi connectivity index (χ3n) is 1.33. The molecule has 4 heteroatoms. The van der Waals surface area contributed by atoms with E-state index < -0.39 is 0 Å². The van der Waals surface area contributed by atoms with Crippen LogP contribution in [-0.2, 0) is 9.47 Å². The van der Waals surface area contributed by atoms with Crippen molar-refractivity contribution >= 4 is 22.9 Å². The van der Waals surface area contributed by atoms with E-state index >= 15 is 0 Å². The maximum Gasteiger partial charge on any atom is 0.104 e. The summed E-state index contributed by atoms with van der Waals surface area (Å²) in [7, 11) is 1.95. The molecule has 1 radical (unpaired) electrons. The number of epoxide rings is 1. The Morgan fingerprint density at radius 1 is 1.80 bits per heavy atom. The summed E-state index contributed by atoms with van der Waals surface area (Å²) >= 11 is 4.24. The van der Waals surface area contributed by atoms with Crippen LogP contribution in [0.1, 0.15) is 6.42 Å². The molecule has 1 fully saturated rings. The fraction of sp³-hybridized carbons (Fsp3) is 1.00. The minimum atomic E-state index is 0.113. The lowest BCUT2D eigenvalue weighted by atomic mass is 10.5. The van der Waals surface area contributed by atoms with Crippen molar-refractivity contribution in [2.24, 2.45) is 0 Å². The van der Waals surface area contributed by atoms with Crippen LogP contribution in [0.25, 0.3) is 0 Å². The molecule has 0 amide bonds. The Bertz CT molecular complexity index is 97.7. The number of hydrogen-bond donors (Lipinski definition) is 1.